The van der Waals surface area contributed by atoms with Crippen molar-refractivity contribution in [2.75, 3.05) is 50.8 Å². The standard InChI is InChI=1S/C16H24ClN3O/c17-14-3-1-2-4-15(14)20-9-7-19(8-10-20)13-16(18)5-11-21-12-6-16/h1-4H,5-13,18H2. The van der Waals surface area contributed by atoms with Crippen LogP contribution < -0.4 is 10.6 Å². The molecular weight excluding hydrogens is 286 g/mol. The summed E-state index contributed by atoms with van der Waals surface area (Å²) in [6.07, 6.45) is 1.94. The Hall–Kier alpha value is -0.810. The SMILES string of the molecule is NC1(CN2CCN(c3ccccc3Cl)CC2)CCOCC1. The fourth-order valence-corrected chi connectivity index (χ4v) is 3.49. The van der Waals surface area contributed by atoms with Gasteiger partial charge in [-0.3, -0.25) is 4.90 Å². The molecule has 0 atom stereocenters. The van der Waals surface area contributed by atoms with Crippen LogP contribution in [0.1, 0.15) is 12.8 Å². The van der Waals surface area contributed by atoms with Gasteiger partial charge in [-0.15, -0.1) is 0 Å². The van der Waals surface area contributed by atoms with Gasteiger partial charge in [0, 0.05) is 51.5 Å². The first kappa shape index (κ1) is 15.1. The molecule has 0 aliphatic carbocycles. The van der Waals surface area contributed by atoms with Gasteiger partial charge in [0.1, 0.15) is 0 Å². The van der Waals surface area contributed by atoms with Gasteiger partial charge < -0.3 is 15.4 Å². The van der Waals surface area contributed by atoms with E-state index in [2.05, 4.69) is 15.9 Å². The van der Waals surface area contributed by atoms with Gasteiger partial charge in [-0.2, -0.15) is 0 Å². The molecule has 2 aliphatic heterocycles. The van der Waals surface area contributed by atoms with Gasteiger partial charge in [-0.05, 0) is 25.0 Å². The fraction of sp³-hybridized carbons (Fsp3) is 0.625. The molecule has 0 saturated carbocycles. The average molecular weight is 310 g/mol. The summed E-state index contributed by atoms with van der Waals surface area (Å²) in [4.78, 5) is 4.85. The highest BCUT2D eigenvalue weighted by atomic mass is 35.5. The third kappa shape index (κ3) is 3.69. The molecule has 0 spiro atoms. The summed E-state index contributed by atoms with van der Waals surface area (Å²) < 4.78 is 5.42. The van der Waals surface area contributed by atoms with E-state index in [-0.39, 0.29) is 5.54 Å². The number of ether oxygens (including phenoxy) is 1. The zero-order chi connectivity index (χ0) is 14.7. The monoisotopic (exact) mass is 309 g/mol. The molecule has 1 aromatic rings. The molecule has 4 nitrogen and oxygen atoms in total. The average Bonchev–Trinajstić information content (AvgIpc) is 2.49. The second-order valence-corrected chi connectivity index (χ2v) is 6.60. The Bertz CT molecular complexity index is 468. The Morgan fingerprint density at radius 2 is 1.76 bits per heavy atom. The summed E-state index contributed by atoms with van der Waals surface area (Å²) >= 11 is 6.28. The van der Waals surface area contributed by atoms with E-state index in [4.69, 9.17) is 22.1 Å². The van der Waals surface area contributed by atoms with Gasteiger partial charge in [-0.1, -0.05) is 23.7 Å². The number of halogens is 1. The third-order valence-corrected chi connectivity index (χ3v) is 4.91. The number of rotatable bonds is 3. The highest BCUT2D eigenvalue weighted by Gasteiger charge is 2.31. The van der Waals surface area contributed by atoms with Crippen LogP contribution in [0.3, 0.4) is 0 Å². The molecule has 0 unspecified atom stereocenters. The molecule has 2 N–H and O–H groups in total. The van der Waals surface area contributed by atoms with Crippen LogP contribution in [0.4, 0.5) is 5.69 Å². The summed E-state index contributed by atoms with van der Waals surface area (Å²) in [5.74, 6) is 0. The van der Waals surface area contributed by atoms with Crippen molar-refractivity contribution < 1.29 is 4.74 Å². The van der Waals surface area contributed by atoms with Gasteiger partial charge in [0.05, 0.1) is 10.7 Å². The lowest BCUT2D eigenvalue weighted by Crippen LogP contribution is -2.57. The second kappa shape index (κ2) is 6.53. The van der Waals surface area contributed by atoms with E-state index in [0.717, 1.165) is 69.5 Å². The highest BCUT2D eigenvalue weighted by Crippen LogP contribution is 2.26. The van der Waals surface area contributed by atoms with Crippen molar-refractivity contribution in [3.05, 3.63) is 29.3 Å². The smallest absolute Gasteiger partial charge is 0.0639 e. The van der Waals surface area contributed by atoms with Gasteiger partial charge >= 0.3 is 0 Å². The molecule has 1 aromatic carbocycles. The van der Waals surface area contributed by atoms with E-state index in [1.807, 2.05) is 18.2 Å². The Morgan fingerprint density at radius 1 is 1.10 bits per heavy atom. The third-order valence-electron chi connectivity index (χ3n) is 4.59. The zero-order valence-corrected chi connectivity index (χ0v) is 13.2. The number of piperazine rings is 1. The summed E-state index contributed by atoms with van der Waals surface area (Å²) in [5.41, 5.74) is 7.58. The minimum Gasteiger partial charge on any atom is -0.381 e. The van der Waals surface area contributed by atoms with Gasteiger partial charge in [0.2, 0.25) is 0 Å². The number of nitrogens with zero attached hydrogens (tertiary/aromatic N) is 2. The molecule has 5 heteroatoms. The normalized spacial score (nSPS) is 23.2. The molecule has 2 aliphatic rings. The van der Waals surface area contributed by atoms with Crippen LogP contribution >= 0.6 is 11.6 Å². The molecule has 3 rings (SSSR count). The van der Waals surface area contributed by atoms with Gasteiger partial charge in [0.15, 0.2) is 0 Å². The Balaban J connectivity index is 1.54. The van der Waals surface area contributed by atoms with Crippen LogP contribution in [0.25, 0.3) is 0 Å². The molecule has 0 aromatic heterocycles. The number of benzene rings is 1. The van der Waals surface area contributed by atoms with Crippen molar-refractivity contribution in [1.29, 1.82) is 0 Å². The van der Waals surface area contributed by atoms with Crippen molar-refractivity contribution >= 4 is 17.3 Å². The molecule has 0 bridgehead atoms. The van der Waals surface area contributed by atoms with Crippen LogP contribution in [-0.2, 0) is 4.74 Å². The molecule has 0 radical (unpaired) electrons. The minimum atomic E-state index is -0.0647. The second-order valence-electron chi connectivity index (χ2n) is 6.19. The molecule has 0 amide bonds. The van der Waals surface area contributed by atoms with Crippen molar-refractivity contribution in [3.8, 4) is 0 Å². The first-order valence-corrected chi connectivity index (χ1v) is 8.13. The lowest BCUT2D eigenvalue weighted by atomic mass is 9.90. The largest absolute Gasteiger partial charge is 0.381 e. The first-order valence-electron chi connectivity index (χ1n) is 7.75. The Kier molecular flexibility index (Phi) is 4.69. The van der Waals surface area contributed by atoms with Crippen LogP contribution in [0, 0.1) is 0 Å². The van der Waals surface area contributed by atoms with Gasteiger partial charge in [-0.25, -0.2) is 0 Å². The first-order chi connectivity index (χ1) is 10.2. The van der Waals surface area contributed by atoms with Crippen molar-refractivity contribution in [2.24, 2.45) is 5.73 Å². The lowest BCUT2D eigenvalue weighted by Gasteiger charge is -2.42. The molecule has 21 heavy (non-hydrogen) atoms. The number of hydrogen-bond donors (Lipinski definition) is 1. The summed E-state index contributed by atoms with van der Waals surface area (Å²) in [7, 11) is 0. The van der Waals surface area contributed by atoms with E-state index in [1.165, 1.54) is 0 Å². The number of anilines is 1. The van der Waals surface area contributed by atoms with Gasteiger partial charge in [0.25, 0.3) is 0 Å². The van der Waals surface area contributed by atoms with Crippen molar-refractivity contribution in [3.63, 3.8) is 0 Å². The maximum Gasteiger partial charge on any atom is 0.0639 e. The van der Waals surface area contributed by atoms with Crippen LogP contribution in [0.2, 0.25) is 5.02 Å². The zero-order valence-electron chi connectivity index (χ0n) is 12.4. The van der Waals surface area contributed by atoms with E-state index in [1.54, 1.807) is 0 Å². The van der Waals surface area contributed by atoms with E-state index in [9.17, 15) is 0 Å². The Morgan fingerprint density at radius 3 is 2.43 bits per heavy atom. The summed E-state index contributed by atoms with van der Waals surface area (Å²) in [6, 6.07) is 8.08. The van der Waals surface area contributed by atoms with Crippen LogP contribution in [0.5, 0.6) is 0 Å². The van der Waals surface area contributed by atoms with Crippen molar-refractivity contribution in [1.82, 2.24) is 4.90 Å². The summed E-state index contributed by atoms with van der Waals surface area (Å²) in [6.45, 7) is 6.70. The predicted molar refractivity (Wildman–Crippen MR) is 87.1 cm³/mol. The van der Waals surface area contributed by atoms with E-state index >= 15 is 0 Å². The summed E-state index contributed by atoms with van der Waals surface area (Å²) in [5, 5.41) is 0.839. The van der Waals surface area contributed by atoms with E-state index < -0.39 is 0 Å². The fourth-order valence-electron chi connectivity index (χ4n) is 3.24. The van der Waals surface area contributed by atoms with Crippen LogP contribution in [-0.4, -0.2) is 56.4 Å². The highest BCUT2D eigenvalue weighted by molar-refractivity contribution is 6.33. The van der Waals surface area contributed by atoms with Crippen LogP contribution in [0.15, 0.2) is 24.3 Å². The molecule has 2 saturated heterocycles. The topological polar surface area (TPSA) is 41.7 Å². The maximum atomic E-state index is 6.50. The molecule has 2 heterocycles. The predicted octanol–water partition coefficient (Wildman–Crippen LogP) is 1.97. The van der Waals surface area contributed by atoms with Crippen molar-refractivity contribution in [2.45, 2.75) is 18.4 Å². The molecule has 2 fully saturated rings. The number of hydrogen-bond acceptors (Lipinski definition) is 4. The van der Waals surface area contributed by atoms with E-state index in [0.29, 0.717) is 0 Å². The number of para-hydroxylation sites is 1. The number of nitrogens with two attached hydrogens (primary N) is 1. The molecule has 116 valence electrons. The maximum absolute atomic E-state index is 6.50. The Labute approximate surface area is 131 Å². The lowest BCUT2D eigenvalue weighted by molar-refractivity contribution is 0.0369. The quantitative estimate of drug-likeness (QED) is 0.927. The molecular formula is C16H24ClN3O. The minimum absolute atomic E-state index is 0.0647.